The topological polar surface area (TPSA) is 51.6 Å². The molecule has 7 aromatic carbocycles. The molecule has 0 aliphatic heterocycles. The monoisotopic (exact) mass is 720 g/mol. The molecule has 0 aliphatic carbocycles. The molecule has 0 spiro atoms. The Morgan fingerprint density at radius 2 is 0.782 bits per heavy atom. The van der Waals surface area contributed by atoms with Crippen LogP contribution in [0.4, 0.5) is 0 Å². The second-order valence-electron chi connectivity index (χ2n) is 13.4. The number of nitrogens with zero attached hydrogens (tertiary/aromatic N) is 4. The molecule has 258 valence electrons. The van der Waals surface area contributed by atoms with Crippen molar-refractivity contribution in [3.8, 4) is 78.1 Å². The van der Waals surface area contributed by atoms with E-state index in [1.165, 1.54) is 20.7 Å². The Bertz CT molecular complexity index is 2900. The average Bonchev–Trinajstić information content (AvgIpc) is 3.69. The molecule has 0 atom stereocenters. The SMILES string of the molecule is c1ccc(-c2cccc(-c3sc4c(c(-c5ccccc5)nc5ccccc54)c3-c3cccc(-c4nc(-c5ccccc5)nc(-c5ccccc5)n4)c3)c2)cc1. The summed E-state index contributed by atoms with van der Waals surface area (Å²) in [4.78, 5) is 21.7. The highest BCUT2D eigenvalue weighted by molar-refractivity contribution is 7.24. The van der Waals surface area contributed by atoms with Crippen LogP contribution in [0.3, 0.4) is 0 Å². The quantitative estimate of drug-likeness (QED) is 0.164. The van der Waals surface area contributed by atoms with Gasteiger partial charge in [-0.3, -0.25) is 0 Å². The van der Waals surface area contributed by atoms with Gasteiger partial charge in [0.1, 0.15) is 0 Å². The van der Waals surface area contributed by atoms with Gasteiger partial charge in [0, 0.05) is 48.2 Å². The van der Waals surface area contributed by atoms with Crippen LogP contribution >= 0.6 is 11.3 Å². The molecule has 0 saturated heterocycles. The molecule has 0 fully saturated rings. The Balaban J connectivity index is 1.25. The normalized spacial score (nSPS) is 11.3. The molecule has 0 unspecified atom stereocenters. The van der Waals surface area contributed by atoms with Gasteiger partial charge in [-0.2, -0.15) is 0 Å². The van der Waals surface area contributed by atoms with E-state index in [0.717, 1.165) is 60.9 Å². The van der Waals surface area contributed by atoms with E-state index in [4.69, 9.17) is 19.9 Å². The highest BCUT2D eigenvalue weighted by atomic mass is 32.1. The van der Waals surface area contributed by atoms with Gasteiger partial charge in [0.05, 0.1) is 11.2 Å². The molecule has 0 radical (unpaired) electrons. The number of benzene rings is 7. The van der Waals surface area contributed by atoms with Crippen molar-refractivity contribution in [3.05, 3.63) is 194 Å². The first-order chi connectivity index (χ1) is 27.3. The van der Waals surface area contributed by atoms with Crippen LogP contribution in [0.2, 0.25) is 0 Å². The van der Waals surface area contributed by atoms with Crippen molar-refractivity contribution >= 4 is 32.3 Å². The van der Waals surface area contributed by atoms with Crippen LogP contribution in [0.1, 0.15) is 0 Å². The second-order valence-corrected chi connectivity index (χ2v) is 14.4. The molecular weight excluding hydrogens is 689 g/mol. The van der Waals surface area contributed by atoms with Crippen LogP contribution in [0, 0.1) is 0 Å². The van der Waals surface area contributed by atoms with E-state index in [-0.39, 0.29) is 0 Å². The van der Waals surface area contributed by atoms with E-state index >= 15 is 0 Å². The minimum atomic E-state index is 0.619. The van der Waals surface area contributed by atoms with Crippen LogP contribution in [-0.4, -0.2) is 19.9 Å². The molecule has 0 aliphatic rings. The van der Waals surface area contributed by atoms with Crippen molar-refractivity contribution in [2.24, 2.45) is 0 Å². The summed E-state index contributed by atoms with van der Waals surface area (Å²) in [6.07, 6.45) is 0. The zero-order valence-electron chi connectivity index (χ0n) is 29.7. The zero-order valence-corrected chi connectivity index (χ0v) is 30.5. The third-order valence-electron chi connectivity index (χ3n) is 9.91. The second kappa shape index (κ2) is 14.0. The largest absolute Gasteiger partial charge is 0.247 e. The van der Waals surface area contributed by atoms with Gasteiger partial charge >= 0.3 is 0 Å². The minimum Gasteiger partial charge on any atom is -0.247 e. The van der Waals surface area contributed by atoms with E-state index in [0.29, 0.717) is 17.5 Å². The van der Waals surface area contributed by atoms with Gasteiger partial charge in [-0.15, -0.1) is 11.3 Å². The number of aromatic nitrogens is 4. The lowest BCUT2D eigenvalue weighted by atomic mass is 9.93. The van der Waals surface area contributed by atoms with Gasteiger partial charge in [0.15, 0.2) is 17.5 Å². The van der Waals surface area contributed by atoms with Crippen molar-refractivity contribution in [1.29, 1.82) is 0 Å². The van der Waals surface area contributed by atoms with E-state index < -0.39 is 0 Å². The average molecular weight is 721 g/mol. The van der Waals surface area contributed by atoms with E-state index in [1.54, 1.807) is 0 Å². The van der Waals surface area contributed by atoms with Crippen LogP contribution < -0.4 is 0 Å². The maximum Gasteiger partial charge on any atom is 0.164 e. The number of fused-ring (bicyclic) bond motifs is 3. The van der Waals surface area contributed by atoms with Crippen molar-refractivity contribution in [2.75, 3.05) is 0 Å². The summed E-state index contributed by atoms with van der Waals surface area (Å²) < 4.78 is 1.21. The van der Waals surface area contributed by atoms with Gasteiger partial charge in [0.2, 0.25) is 0 Å². The van der Waals surface area contributed by atoms with Gasteiger partial charge in [-0.05, 0) is 40.5 Å². The highest BCUT2D eigenvalue weighted by Gasteiger charge is 2.23. The first-order valence-corrected chi connectivity index (χ1v) is 19.1. The Morgan fingerprint density at radius 3 is 1.42 bits per heavy atom. The molecule has 3 heterocycles. The van der Waals surface area contributed by atoms with Gasteiger partial charge < -0.3 is 0 Å². The molecule has 0 bridgehead atoms. The van der Waals surface area contributed by atoms with Crippen LogP contribution in [-0.2, 0) is 0 Å². The van der Waals surface area contributed by atoms with Crippen molar-refractivity contribution in [2.45, 2.75) is 0 Å². The molecule has 0 N–H and O–H groups in total. The number of pyridine rings is 1. The van der Waals surface area contributed by atoms with Crippen LogP contribution in [0.5, 0.6) is 0 Å². The van der Waals surface area contributed by atoms with E-state index in [9.17, 15) is 0 Å². The summed E-state index contributed by atoms with van der Waals surface area (Å²) >= 11 is 1.83. The minimum absolute atomic E-state index is 0.619. The lowest BCUT2D eigenvalue weighted by Crippen LogP contribution is -2.00. The molecule has 0 saturated carbocycles. The van der Waals surface area contributed by atoms with Crippen molar-refractivity contribution in [3.63, 3.8) is 0 Å². The lowest BCUT2D eigenvalue weighted by Gasteiger charge is -2.13. The molecule has 10 aromatic rings. The fraction of sp³-hybridized carbons (Fsp3) is 0. The lowest BCUT2D eigenvalue weighted by molar-refractivity contribution is 1.07. The smallest absolute Gasteiger partial charge is 0.164 e. The molecule has 3 aromatic heterocycles. The van der Waals surface area contributed by atoms with Gasteiger partial charge in [-0.25, -0.2) is 19.9 Å². The third kappa shape index (κ3) is 6.17. The maximum absolute atomic E-state index is 5.38. The first kappa shape index (κ1) is 32.6. The van der Waals surface area contributed by atoms with Gasteiger partial charge in [0.25, 0.3) is 0 Å². The third-order valence-corrected chi connectivity index (χ3v) is 11.2. The number of hydrogen-bond acceptors (Lipinski definition) is 5. The summed E-state index contributed by atoms with van der Waals surface area (Å²) in [6.45, 7) is 0. The Hall–Kier alpha value is -7.08. The summed E-state index contributed by atoms with van der Waals surface area (Å²) in [5.74, 6) is 1.89. The maximum atomic E-state index is 5.38. The Morgan fingerprint density at radius 1 is 0.327 bits per heavy atom. The predicted octanol–water partition coefficient (Wildman–Crippen LogP) is 13.3. The number of rotatable bonds is 7. The summed E-state index contributed by atoms with van der Waals surface area (Å²) in [5.41, 5.74) is 11.5. The van der Waals surface area contributed by atoms with Crippen molar-refractivity contribution in [1.82, 2.24) is 19.9 Å². The fourth-order valence-electron chi connectivity index (χ4n) is 7.29. The number of hydrogen-bond donors (Lipinski definition) is 0. The van der Waals surface area contributed by atoms with Crippen molar-refractivity contribution < 1.29 is 0 Å². The zero-order chi connectivity index (χ0) is 36.6. The summed E-state index contributed by atoms with van der Waals surface area (Å²) in [6, 6.07) is 67.4. The molecule has 55 heavy (non-hydrogen) atoms. The van der Waals surface area contributed by atoms with Crippen LogP contribution in [0.25, 0.3) is 99.1 Å². The van der Waals surface area contributed by atoms with Gasteiger partial charge in [-0.1, -0.05) is 176 Å². The van der Waals surface area contributed by atoms with Crippen LogP contribution in [0.15, 0.2) is 194 Å². The first-order valence-electron chi connectivity index (χ1n) is 18.3. The molecule has 10 rings (SSSR count). The standard InChI is InChI=1S/C50H32N4S/c1-5-17-33(18-6-1)37-25-15-27-39(31-37)46-43(44-45(34-19-7-2-8-20-34)51-42-30-14-13-29-41(42)47(44)55-46)38-26-16-28-40(32-38)50-53-48(35-21-9-3-10-22-35)52-49(54-50)36-23-11-4-12-24-36/h1-32H. The Kier molecular flexibility index (Phi) is 8.32. The summed E-state index contributed by atoms with van der Waals surface area (Å²) in [5, 5.41) is 2.28. The fourth-order valence-corrected chi connectivity index (χ4v) is 8.65. The number of thiophene rings is 1. The van der Waals surface area contributed by atoms with E-state index in [1.807, 2.05) is 72.0 Å². The summed E-state index contributed by atoms with van der Waals surface area (Å²) in [7, 11) is 0. The molecule has 5 heteroatoms. The number of para-hydroxylation sites is 1. The molecule has 4 nitrogen and oxygen atoms in total. The Labute approximate surface area is 323 Å². The predicted molar refractivity (Wildman–Crippen MR) is 229 cm³/mol. The van der Waals surface area contributed by atoms with E-state index in [2.05, 4.69) is 133 Å². The highest BCUT2D eigenvalue weighted by Crippen LogP contribution is 2.50. The molecule has 0 amide bonds. The molecular formula is C50H32N4S.